The van der Waals surface area contributed by atoms with E-state index in [4.69, 9.17) is 0 Å². The van der Waals surface area contributed by atoms with Crippen molar-refractivity contribution in [2.45, 2.75) is 3.92 Å². The van der Waals surface area contributed by atoms with E-state index < -0.39 is 0 Å². The molecule has 48 valence electrons. The molecule has 1 atom stereocenters. The molecule has 1 heterocycles. The third-order valence-electron chi connectivity index (χ3n) is 0.977. The average molecular weight is 235 g/mol. The smallest absolute Gasteiger partial charge is 0.128 e. The van der Waals surface area contributed by atoms with Gasteiger partial charge in [-0.05, 0) is 0 Å². The summed E-state index contributed by atoms with van der Waals surface area (Å²) >= 11 is 2.25. The lowest BCUT2D eigenvalue weighted by Crippen LogP contribution is -1.77. The molecule has 9 heavy (non-hydrogen) atoms. The Kier molecular flexibility index (Phi) is 2.27. The van der Waals surface area contributed by atoms with Gasteiger partial charge in [-0.2, -0.15) is 0 Å². The van der Waals surface area contributed by atoms with Gasteiger partial charge in [0.1, 0.15) is 6.26 Å². The highest BCUT2D eigenvalue weighted by Crippen LogP contribution is 2.22. The van der Waals surface area contributed by atoms with Crippen molar-refractivity contribution in [3.8, 4) is 0 Å². The second-order valence-electron chi connectivity index (χ2n) is 1.60. The van der Waals surface area contributed by atoms with Gasteiger partial charge >= 0.3 is 0 Å². The maximum Gasteiger partial charge on any atom is 0.128 e. The zero-order chi connectivity index (χ0) is 6.69. The standard InChI is InChI=1S/C6H6INO/c1-2-6(7)5-3-8-9-4-5/h2-4,6H,1H2. The Morgan fingerprint density at radius 2 is 2.67 bits per heavy atom. The Morgan fingerprint density at radius 1 is 1.89 bits per heavy atom. The fraction of sp³-hybridized carbons (Fsp3) is 0.167. The number of nitrogens with zero attached hydrogens (tertiary/aromatic N) is 1. The summed E-state index contributed by atoms with van der Waals surface area (Å²) in [5.41, 5.74) is 1.06. The summed E-state index contributed by atoms with van der Waals surface area (Å²) in [5, 5.41) is 3.56. The molecule has 0 saturated carbocycles. The van der Waals surface area contributed by atoms with E-state index in [1.165, 1.54) is 0 Å². The van der Waals surface area contributed by atoms with Crippen molar-refractivity contribution in [1.29, 1.82) is 0 Å². The summed E-state index contributed by atoms with van der Waals surface area (Å²) < 4.78 is 4.95. The van der Waals surface area contributed by atoms with Crippen LogP contribution in [0.15, 0.2) is 29.6 Å². The minimum Gasteiger partial charge on any atom is -0.364 e. The third kappa shape index (κ3) is 1.54. The molecular formula is C6H6INO. The number of allylic oxidation sites excluding steroid dienone is 1. The highest BCUT2D eigenvalue weighted by molar-refractivity contribution is 14.1. The molecule has 3 heteroatoms. The van der Waals surface area contributed by atoms with Crippen LogP contribution < -0.4 is 0 Å². The van der Waals surface area contributed by atoms with Crippen molar-refractivity contribution in [2.75, 3.05) is 0 Å². The first-order valence-electron chi connectivity index (χ1n) is 2.50. The van der Waals surface area contributed by atoms with Crippen LogP contribution in [0.25, 0.3) is 0 Å². The summed E-state index contributed by atoms with van der Waals surface area (Å²) in [5.74, 6) is 0. The monoisotopic (exact) mass is 235 g/mol. The molecule has 0 aliphatic heterocycles. The van der Waals surface area contributed by atoms with Gasteiger partial charge < -0.3 is 4.52 Å². The zero-order valence-electron chi connectivity index (χ0n) is 4.75. The molecule has 0 saturated heterocycles. The minimum absolute atomic E-state index is 0.314. The molecule has 0 aliphatic carbocycles. The van der Waals surface area contributed by atoms with Gasteiger partial charge in [-0.1, -0.05) is 33.8 Å². The van der Waals surface area contributed by atoms with Gasteiger partial charge in [0.05, 0.1) is 10.1 Å². The van der Waals surface area contributed by atoms with Crippen LogP contribution in [0.1, 0.15) is 9.49 Å². The molecule has 1 aromatic rings. The summed E-state index contributed by atoms with van der Waals surface area (Å²) in [7, 11) is 0. The first-order valence-corrected chi connectivity index (χ1v) is 3.75. The van der Waals surface area contributed by atoms with Gasteiger partial charge in [0.2, 0.25) is 0 Å². The van der Waals surface area contributed by atoms with E-state index in [0.29, 0.717) is 3.92 Å². The van der Waals surface area contributed by atoms with E-state index in [0.717, 1.165) is 5.56 Å². The quantitative estimate of drug-likeness (QED) is 0.446. The number of halogens is 1. The Morgan fingerprint density at radius 3 is 3.11 bits per heavy atom. The lowest BCUT2D eigenvalue weighted by Gasteiger charge is -1.93. The molecule has 1 rings (SSSR count). The fourth-order valence-electron chi connectivity index (χ4n) is 0.485. The summed E-state index contributed by atoms with van der Waals surface area (Å²) in [6.07, 6.45) is 5.16. The number of hydrogen-bond acceptors (Lipinski definition) is 2. The van der Waals surface area contributed by atoms with Crippen LogP contribution in [0.2, 0.25) is 0 Å². The first kappa shape index (κ1) is 6.80. The maximum atomic E-state index is 4.63. The maximum absolute atomic E-state index is 4.63. The minimum atomic E-state index is 0.314. The summed E-state index contributed by atoms with van der Waals surface area (Å²) in [6.45, 7) is 3.64. The predicted molar refractivity (Wildman–Crippen MR) is 43.5 cm³/mol. The number of aromatic nitrogens is 1. The van der Waals surface area contributed by atoms with Crippen molar-refractivity contribution in [2.24, 2.45) is 0 Å². The van der Waals surface area contributed by atoms with Gasteiger partial charge in [0.25, 0.3) is 0 Å². The van der Waals surface area contributed by atoms with E-state index in [2.05, 4.69) is 38.8 Å². The normalized spacial score (nSPS) is 13.0. The first-order chi connectivity index (χ1) is 4.34. The topological polar surface area (TPSA) is 26.0 Å². The number of hydrogen-bond donors (Lipinski definition) is 0. The predicted octanol–water partition coefficient (Wildman–Crippen LogP) is 2.34. The number of alkyl halides is 1. The molecule has 1 unspecified atom stereocenters. The van der Waals surface area contributed by atoms with E-state index in [1.54, 1.807) is 12.5 Å². The third-order valence-corrected chi connectivity index (χ3v) is 2.20. The van der Waals surface area contributed by atoms with Crippen molar-refractivity contribution in [3.63, 3.8) is 0 Å². The largest absolute Gasteiger partial charge is 0.364 e. The van der Waals surface area contributed by atoms with Gasteiger partial charge in [0.15, 0.2) is 0 Å². The fourth-order valence-corrected chi connectivity index (χ4v) is 0.793. The van der Waals surface area contributed by atoms with Crippen molar-refractivity contribution < 1.29 is 4.52 Å². The van der Waals surface area contributed by atoms with Crippen LogP contribution in [0.5, 0.6) is 0 Å². The Bertz CT molecular complexity index is 183. The summed E-state index contributed by atoms with van der Waals surface area (Å²) in [4.78, 5) is 0. The molecule has 2 nitrogen and oxygen atoms in total. The highest BCUT2D eigenvalue weighted by atomic mass is 127. The Labute approximate surface area is 67.1 Å². The molecule has 0 bridgehead atoms. The molecule has 0 radical (unpaired) electrons. The molecule has 0 aliphatic rings. The van der Waals surface area contributed by atoms with Crippen LogP contribution in [0.4, 0.5) is 0 Å². The molecule has 1 aromatic heterocycles. The van der Waals surface area contributed by atoms with Crippen LogP contribution in [0, 0.1) is 0 Å². The molecule has 0 spiro atoms. The average Bonchev–Trinajstić information content (AvgIpc) is 2.37. The SMILES string of the molecule is C=CC(I)c1cnoc1. The Balaban J connectivity index is 2.76. The van der Waals surface area contributed by atoms with Crippen molar-refractivity contribution in [3.05, 3.63) is 30.7 Å². The second kappa shape index (κ2) is 3.00. The van der Waals surface area contributed by atoms with E-state index in [1.807, 2.05) is 6.08 Å². The van der Waals surface area contributed by atoms with Crippen molar-refractivity contribution >= 4 is 22.6 Å². The number of rotatable bonds is 2. The molecule has 0 N–H and O–H groups in total. The molecule has 0 fully saturated rings. The van der Waals surface area contributed by atoms with Gasteiger partial charge in [-0.3, -0.25) is 0 Å². The lowest BCUT2D eigenvalue weighted by molar-refractivity contribution is 0.419. The molecule has 0 amide bonds. The zero-order valence-corrected chi connectivity index (χ0v) is 6.91. The van der Waals surface area contributed by atoms with Crippen LogP contribution >= 0.6 is 22.6 Å². The van der Waals surface area contributed by atoms with E-state index in [9.17, 15) is 0 Å². The van der Waals surface area contributed by atoms with Gasteiger partial charge in [0, 0.05) is 5.56 Å². The van der Waals surface area contributed by atoms with Crippen LogP contribution in [-0.2, 0) is 0 Å². The van der Waals surface area contributed by atoms with Crippen molar-refractivity contribution in [1.82, 2.24) is 5.16 Å². The van der Waals surface area contributed by atoms with Crippen LogP contribution in [0.3, 0.4) is 0 Å². The van der Waals surface area contributed by atoms with Crippen LogP contribution in [-0.4, -0.2) is 5.16 Å². The second-order valence-corrected chi connectivity index (χ2v) is 2.94. The summed E-state index contributed by atoms with van der Waals surface area (Å²) in [6, 6.07) is 0. The highest BCUT2D eigenvalue weighted by Gasteiger charge is 2.02. The van der Waals surface area contributed by atoms with Gasteiger partial charge in [-0.15, -0.1) is 6.58 Å². The Hall–Kier alpha value is -0.320. The van der Waals surface area contributed by atoms with E-state index in [-0.39, 0.29) is 0 Å². The van der Waals surface area contributed by atoms with E-state index >= 15 is 0 Å². The molecule has 0 aromatic carbocycles. The van der Waals surface area contributed by atoms with Gasteiger partial charge in [-0.25, -0.2) is 0 Å². The molecular weight excluding hydrogens is 229 g/mol. The lowest BCUT2D eigenvalue weighted by atomic mass is 10.3.